The molecule has 1 aromatic carbocycles. The Morgan fingerprint density at radius 2 is 2.04 bits per heavy atom. The van der Waals surface area contributed by atoms with E-state index in [9.17, 15) is 4.79 Å². The minimum absolute atomic E-state index is 0.186. The fourth-order valence-corrected chi connectivity index (χ4v) is 4.53. The molecular formula is C19H25N3O3S2. The van der Waals surface area contributed by atoms with Crippen molar-refractivity contribution >= 4 is 29.0 Å². The summed E-state index contributed by atoms with van der Waals surface area (Å²) >= 11 is 3.22. The van der Waals surface area contributed by atoms with Crippen molar-refractivity contribution in [1.29, 1.82) is 0 Å². The number of rotatable bonds is 7. The molecular weight excluding hydrogens is 382 g/mol. The summed E-state index contributed by atoms with van der Waals surface area (Å²) in [6.07, 6.45) is 2.84. The van der Waals surface area contributed by atoms with E-state index in [1.807, 2.05) is 34.7 Å². The number of thioether (sulfide) groups is 1. The van der Waals surface area contributed by atoms with Gasteiger partial charge in [0.25, 0.3) is 0 Å². The molecule has 1 aliphatic heterocycles. The molecule has 8 heteroatoms. The second-order valence-electron chi connectivity index (χ2n) is 6.24. The van der Waals surface area contributed by atoms with E-state index < -0.39 is 0 Å². The molecule has 0 saturated carbocycles. The molecule has 2 aromatic rings. The van der Waals surface area contributed by atoms with Gasteiger partial charge in [-0.3, -0.25) is 9.69 Å². The maximum atomic E-state index is 12.6. The Kier molecular flexibility index (Phi) is 7.37. The lowest BCUT2D eigenvalue weighted by atomic mass is 10.3. The first kappa shape index (κ1) is 20.0. The maximum Gasteiger partial charge on any atom is 0.232 e. The Balaban J connectivity index is 1.49. The zero-order valence-electron chi connectivity index (χ0n) is 15.7. The van der Waals surface area contributed by atoms with Crippen LogP contribution in [0.3, 0.4) is 0 Å². The third kappa shape index (κ3) is 5.60. The fourth-order valence-electron chi connectivity index (χ4n) is 3.04. The van der Waals surface area contributed by atoms with Gasteiger partial charge in [-0.1, -0.05) is 0 Å². The molecule has 2 heterocycles. The number of amides is 1. The molecule has 0 spiro atoms. The van der Waals surface area contributed by atoms with Gasteiger partial charge in [0.1, 0.15) is 5.01 Å². The average molecular weight is 408 g/mol. The number of hydrogen-bond acceptors (Lipinski definition) is 7. The normalized spacial score (nSPS) is 15.4. The van der Waals surface area contributed by atoms with Gasteiger partial charge in [-0.15, -0.1) is 23.1 Å². The van der Waals surface area contributed by atoms with Gasteiger partial charge in [-0.25, -0.2) is 4.98 Å². The van der Waals surface area contributed by atoms with Gasteiger partial charge in [0.05, 0.1) is 26.5 Å². The lowest BCUT2D eigenvalue weighted by Crippen LogP contribution is -2.36. The number of nitrogens with zero attached hydrogens (tertiary/aromatic N) is 3. The smallest absolute Gasteiger partial charge is 0.232 e. The number of benzene rings is 1. The second kappa shape index (κ2) is 9.96. The molecule has 1 aromatic heterocycles. The molecule has 0 bridgehead atoms. The number of thiazole rings is 1. The standard InChI is InChI=1S/C19H25N3O3S2/c1-24-16-5-4-15(12-17(16)25-2)27-14-19(23)22-8-3-7-21(9-10-22)13-18-20-6-11-26-18/h4-6,11-12H,3,7-10,13-14H2,1-2H3. The molecule has 0 N–H and O–H groups in total. The number of carbonyl (C=O) groups excluding carboxylic acids is 1. The summed E-state index contributed by atoms with van der Waals surface area (Å²) in [5, 5.41) is 3.15. The van der Waals surface area contributed by atoms with Crippen LogP contribution in [0.25, 0.3) is 0 Å². The lowest BCUT2D eigenvalue weighted by Gasteiger charge is -2.21. The molecule has 0 aliphatic carbocycles. The van der Waals surface area contributed by atoms with Crippen LogP contribution in [0, 0.1) is 0 Å². The Morgan fingerprint density at radius 1 is 1.19 bits per heavy atom. The molecule has 0 atom stereocenters. The highest BCUT2D eigenvalue weighted by atomic mass is 32.2. The van der Waals surface area contributed by atoms with Gasteiger partial charge >= 0.3 is 0 Å². The highest BCUT2D eigenvalue weighted by Crippen LogP contribution is 2.32. The van der Waals surface area contributed by atoms with E-state index in [0.29, 0.717) is 17.3 Å². The van der Waals surface area contributed by atoms with E-state index in [1.165, 1.54) is 11.8 Å². The Hall–Kier alpha value is -1.77. The molecule has 1 fully saturated rings. The molecule has 1 saturated heterocycles. The van der Waals surface area contributed by atoms with Crippen LogP contribution < -0.4 is 9.47 Å². The summed E-state index contributed by atoms with van der Waals surface area (Å²) in [7, 11) is 3.23. The summed E-state index contributed by atoms with van der Waals surface area (Å²) in [5.41, 5.74) is 0. The van der Waals surface area contributed by atoms with Crippen LogP contribution in [0.5, 0.6) is 11.5 Å². The van der Waals surface area contributed by atoms with E-state index in [1.54, 1.807) is 25.6 Å². The zero-order valence-corrected chi connectivity index (χ0v) is 17.4. The van der Waals surface area contributed by atoms with Crippen molar-refractivity contribution in [3.63, 3.8) is 0 Å². The van der Waals surface area contributed by atoms with Gasteiger partial charge in [0.2, 0.25) is 5.91 Å². The van der Waals surface area contributed by atoms with Crippen molar-refractivity contribution in [1.82, 2.24) is 14.8 Å². The number of methoxy groups -OCH3 is 2. The highest BCUT2D eigenvalue weighted by Gasteiger charge is 2.20. The van der Waals surface area contributed by atoms with Crippen molar-refractivity contribution in [3.05, 3.63) is 34.8 Å². The molecule has 27 heavy (non-hydrogen) atoms. The van der Waals surface area contributed by atoms with Crippen LogP contribution in [-0.4, -0.2) is 66.8 Å². The summed E-state index contributed by atoms with van der Waals surface area (Å²) in [6, 6.07) is 5.74. The minimum Gasteiger partial charge on any atom is -0.493 e. The quantitative estimate of drug-likeness (QED) is 0.658. The first-order chi connectivity index (χ1) is 13.2. The number of aromatic nitrogens is 1. The molecule has 0 radical (unpaired) electrons. The van der Waals surface area contributed by atoms with E-state index >= 15 is 0 Å². The first-order valence-corrected chi connectivity index (χ1v) is 10.8. The topological polar surface area (TPSA) is 54.9 Å². The van der Waals surface area contributed by atoms with Crippen LogP contribution in [0.2, 0.25) is 0 Å². The van der Waals surface area contributed by atoms with Crippen molar-refractivity contribution < 1.29 is 14.3 Å². The first-order valence-electron chi connectivity index (χ1n) is 8.93. The SMILES string of the molecule is COc1ccc(SCC(=O)N2CCCN(Cc3nccs3)CC2)cc1OC. The van der Waals surface area contributed by atoms with E-state index in [-0.39, 0.29) is 5.91 Å². The monoisotopic (exact) mass is 407 g/mol. The third-order valence-corrected chi connectivity index (χ3v) is 6.24. The molecule has 0 unspecified atom stereocenters. The van der Waals surface area contributed by atoms with Crippen LogP contribution >= 0.6 is 23.1 Å². The summed E-state index contributed by atoms with van der Waals surface area (Å²) in [5.74, 6) is 2.00. The summed E-state index contributed by atoms with van der Waals surface area (Å²) in [4.78, 5) is 22.4. The van der Waals surface area contributed by atoms with Crippen molar-refractivity contribution in [2.24, 2.45) is 0 Å². The fraction of sp³-hybridized carbons (Fsp3) is 0.474. The van der Waals surface area contributed by atoms with Gasteiger partial charge in [-0.2, -0.15) is 0 Å². The highest BCUT2D eigenvalue weighted by molar-refractivity contribution is 8.00. The Morgan fingerprint density at radius 3 is 2.78 bits per heavy atom. The van der Waals surface area contributed by atoms with Gasteiger partial charge in [-0.05, 0) is 24.6 Å². The van der Waals surface area contributed by atoms with Gasteiger partial charge in [0.15, 0.2) is 11.5 Å². The summed E-state index contributed by atoms with van der Waals surface area (Å²) in [6.45, 7) is 4.37. The van der Waals surface area contributed by atoms with E-state index in [2.05, 4.69) is 9.88 Å². The van der Waals surface area contributed by atoms with Crippen molar-refractivity contribution in [2.45, 2.75) is 17.9 Å². The van der Waals surface area contributed by atoms with Crippen LogP contribution in [-0.2, 0) is 11.3 Å². The van der Waals surface area contributed by atoms with E-state index in [0.717, 1.165) is 49.0 Å². The number of hydrogen-bond donors (Lipinski definition) is 0. The molecule has 1 aliphatic rings. The predicted molar refractivity (Wildman–Crippen MR) is 109 cm³/mol. The molecule has 1 amide bonds. The van der Waals surface area contributed by atoms with Crippen molar-refractivity contribution in [2.75, 3.05) is 46.2 Å². The van der Waals surface area contributed by atoms with Crippen LogP contribution in [0.15, 0.2) is 34.7 Å². The lowest BCUT2D eigenvalue weighted by molar-refractivity contribution is -0.128. The van der Waals surface area contributed by atoms with E-state index in [4.69, 9.17) is 9.47 Å². The number of carbonyl (C=O) groups is 1. The van der Waals surface area contributed by atoms with Crippen LogP contribution in [0.1, 0.15) is 11.4 Å². The van der Waals surface area contributed by atoms with Crippen LogP contribution in [0.4, 0.5) is 0 Å². The second-order valence-corrected chi connectivity index (χ2v) is 8.27. The Bertz CT molecular complexity index is 740. The van der Waals surface area contributed by atoms with Gasteiger partial charge < -0.3 is 14.4 Å². The largest absolute Gasteiger partial charge is 0.493 e. The Labute approximate surface area is 168 Å². The third-order valence-electron chi connectivity index (χ3n) is 4.50. The maximum absolute atomic E-state index is 12.6. The van der Waals surface area contributed by atoms with Gasteiger partial charge in [0, 0.05) is 42.7 Å². The summed E-state index contributed by atoms with van der Waals surface area (Å²) < 4.78 is 10.6. The molecule has 3 rings (SSSR count). The number of ether oxygens (including phenoxy) is 2. The predicted octanol–water partition coefficient (Wildman–Crippen LogP) is 2.99. The minimum atomic E-state index is 0.186. The molecule has 6 nitrogen and oxygen atoms in total. The average Bonchev–Trinajstić information content (AvgIpc) is 3.09. The van der Waals surface area contributed by atoms with Crippen molar-refractivity contribution in [3.8, 4) is 11.5 Å². The zero-order chi connectivity index (χ0) is 19.1. The molecule has 146 valence electrons.